The third kappa shape index (κ3) is 6.88. The Balaban J connectivity index is 0.00000176. The van der Waals surface area contributed by atoms with E-state index in [1.165, 1.54) is 50.3 Å². The molecule has 2 aromatic carbocycles. The molecule has 0 aromatic heterocycles. The van der Waals surface area contributed by atoms with Crippen molar-refractivity contribution in [2.24, 2.45) is 11.7 Å². The van der Waals surface area contributed by atoms with Crippen LogP contribution in [0, 0.1) is 17.2 Å². The van der Waals surface area contributed by atoms with E-state index in [2.05, 4.69) is 46.3 Å². The van der Waals surface area contributed by atoms with Crippen molar-refractivity contribution in [3.05, 3.63) is 65.7 Å². The minimum atomic E-state index is -0.892. The van der Waals surface area contributed by atoms with Crippen molar-refractivity contribution in [1.82, 2.24) is 9.80 Å². The summed E-state index contributed by atoms with van der Waals surface area (Å²) in [6, 6.07) is 19.5. The SMILES string of the molecule is CCN1C(=O)C(CNc2ccc(CCN3CCCC3)cc2)S[C@H]1C(C#N)C(=O)c1ccccc1.CN.[HH].[HH]. The summed E-state index contributed by atoms with van der Waals surface area (Å²) in [4.78, 5) is 30.2. The van der Waals surface area contributed by atoms with Gasteiger partial charge in [0, 0.05) is 33.7 Å². The van der Waals surface area contributed by atoms with Crippen LogP contribution in [0.4, 0.5) is 5.69 Å². The zero-order valence-corrected chi connectivity index (χ0v) is 22.0. The molecule has 2 aliphatic rings. The molecule has 4 rings (SSSR count). The molecule has 0 radical (unpaired) electrons. The van der Waals surface area contributed by atoms with Gasteiger partial charge in [0.05, 0.1) is 6.07 Å². The van der Waals surface area contributed by atoms with Gasteiger partial charge in [-0.05, 0) is 64.0 Å². The summed E-state index contributed by atoms with van der Waals surface area (Å²) in [5, 5.41) is 12.4. The van der Waals surface area contributed by atoms with E-state index in [4.69, 9.17) is 0 Å². The minimum Gasteiger partial charge on any atom is -0.383 e. The third-order valence-electron chi connectivity index (χ3n) is 6.64. The molecule has 2 aliphatic heterocycles. The van der Waals surface area contributed by atoms with Crippen LogP contribution in [0.15, 0.2) is 54.6 Å². The quantitative estimate of drug-likeness (QED) is 0.463. The molecule has 1 amide bonds. The maximum atomic E-state index is 13.1. The Labute approximate surface area is 222 Å². The minimum absolute atomic E-state index is 0. The van der Waals surface area contributed by atoms with E-state index in [0.717, 1.165) is 18.7 Å². The number of hydrogen-bond donors (Lipinski definition) is 2. The molecule has 36 heavy (non-hydrogen) atoms. The number of Topliss-reactive ketones (excluding diaryl/α,β-unsaturated/α-hetero) is 1. The van der Waals surface area contributed by atoms with Gasteiger partial charge in [0.15, 0.2) is 5.78 Å². The number of nitrogens with two attached hydrogens (primary N) is 1. The Morgan fingerprint density at radius 1 is 1.17 bits per heavy atom. The Hall–Kier alpha value is -2.86. The smallest absolute Gasteiger partial charge is 0.238 e. The van der Waals surface area contributed by atoms with Gasteiger partial charge in [-0.2, -0.15) is 5.26 Å². The lowest BCUT2D eigenvalue weighted by Gasteiger charge is -2.25. The number of nitriles is 1. The molecule has 3 atom stereocenters. The van der Waals surface area contributed by atoms with Crippen molar-refractivity contribution in [2.45, 2.75) is 36.8 Å². The number of benzene rings is 2. The van der Waals surface area contributed by atoms with Crippen LogP contribution in [-0.4, -0.2) is 71.9 Å². The van der Waals surface area contributed by atoms with Crippen LogP contribution in [0.2, 0.25) is 0 Å². The van der Waals surface area contributed by atoms with Gasteiger partial charge in [-0.3, -0.25) is 9.59 Å². The Bertz CT molecular complexity index is 1030. The molecular formula is C28H41N5O2S. The van der Waals surface area contributed by atoms with Crippen LogP contribution >= 0.6 is 11.8 Å². The number of hydrogen-bond acceptors (Lipinski definition) is 7. The molecule has 0 spiro atoms. The Morgan fingerprint density at radius 3 is 2.44 bits per heavy atom. The summed E-state index contributed by atoms with van der Waals surface area (Å²) in [6.45, 7) is 6.36. The largest absolute Gasteiger partial charge is 0.383 e. The number of anilines is 1. The number of rotatable bonds is 10. The first-order valence-electron chi connectivity index (χ1n) is 12.7. The number of ketones is 1. The van der Waals surface area contributed by atoms with Crippen LogP contribution < -0.4 is 11.1 Å². The molecule has 8 heteroatoms. The number of amides is 1. The molecule has 3 N–H and O–H groups in total. The zero-order chi connectivity index (χ0) is 25.9. The fourth-order valence-electron chi connectivity index (χ4n) is 4.67. The summed E-state index contributed by atoms with van der Waals surface area (Å²) in [7, 11) is 1.50. The second-order valence-corrected chi connectivity index (χ2v) is 10.2. The number of nitrogens with zero attached hydrogens (tertiary/aromatic N) is 3. The van der Waals surface area contributed by atoms with Gasteiger partial charge < -0.3 is 20.9 Å². The predicted molar refractivity (Wildman–Crippen MR) is 151 cm³/mol. The first kappa shape index (κ1) is 27.7. The third-order valence-corrected chi connectivity index (χ3v) is 8.14. The van der Waals surface area contributed by atoms with E-state index in [1.54, 1.807) is 29.2 Å². The fourth-order valence-corrected chi connectivity index (χ4v) is 6.18. The van der Waals surface area contributed by atoms with Crippen molar-refractivity contribution in [3.8, 4) is 6.07 Å². The predicted octanol–water partition coefficient (Wildman–Crippen LogP) is 4.12. The zero-order valence-electron chi connectivity index (χ0n) is 21.2. The van der Waals surface area contributed by atoms with Crippen molar-refractivity contribution in [1.29, 1.82) is 5.26 Å². The molecule has 2 heterocycles. The molecule has 2 saturated heterocycles. The van der Waals surface area contributed by atoms with Gasteiger partial charge in [0.25, 0.3) is 0 Å². The van der Waals surface area contributed by atoms with Gasteiger partial charge >= 0.3 is 0 Å². The van der Waals surface area contributed by atoms with Gasteiger partial charge in [-0.25, -0.2) is 0 Å². The molecule has 7 nitrogen and oxygen atoms in total. The van der Waals surface area contributed by atoms with Crippen LogP contribution in [0.25, 0.3) is 0 Å². The highest BCUT2D eigenvalue weighted by Crippen LogP contribution is 2.37. The van der Waals surface area contributed by atoms with E-state index >= 15 is 0 Å². The molecule has 2 fully saturated rings. The Kier molecular flexibility index (Phi) is 10.8. The first-order valence-corrected chi connectivity index (χ1v) is 13.6. The van der Waals surface area contributed by atoms with Crippen LogP contribution in [0.5, 0.6) is 0 Å². The monoisotopic (exact) mass is 511 g/mol. The molecule has 0 aliphatic carbocycles. The van der Waals surface area contributed by atoms with E-state index in [9.17, 15) is 14.9 Å². The molecule has 0 saturated carbocycles. The molecule has 2 aromatic rings. The van der Waals surface area contributed by atoms with Crippen LogP contribution in [0.3, 0.4) is 0 Å². The molecular weight excluding hydrogens is 470 g/mol. The average molecular weight is 512 g/mol. The number of likely N-dealkylation sites (tertiary alicyclic amines) is 1. The molecule has 196 valence electrons. The highest BCUT2D eigenvalue weighted by molar-refractivity contribution is 8.01. The lowest BCUT2D eigenvalue weighted by atomic mass is 9.98. The summed E-state index contributed by atoms with van der Waals surface area (Å²) in [5.41, 5.74) is 7.30. The average Bonchev–Trinajstić information content (AvgIpc) is 3.56. The fraction of sp³-hybridized carbons (Fsp3) is 0.464. The van der Waals surface area contributed by atoms with Gasteiger partial charge in [0.2, 0.25) is 5.91 Å². The van der Waals surface area contributed by atoms with E-state index < -0.39 is 11.3 Å². The Morgan fingerprint density at radius 2 is 1.83 bits per heavy atom. The summed E-state index contributed by atoms with van der Waals surface area (Å²) < 4.78 is 0. The van der Waals surface area contributed by atoms with E-state index in [0.29, 0.717) is 18.7 Å². The first-order chi connectivity index (χ1) is 17.6. The number of nitrogens with one attached hydrogen (secondary N) is 1. The van der Waals surface area contributed by atoms with Gasteiger partial charge in [-0.1, -0.05) is 42.5 Å². The van der Waals surface area contributed by atoms with Gasteiger partial charge in [-0.15, -0.1) is 11.8 Å². The number of thioether (sulfide) groups is 1. The van der Waals surface area contributed by atoms with E-state index in [-0.39, 0.29) is 19.8 Å². The lowest BCUT2D eigenvalue weighted by Crippen LogP contribution is -2.40. The topological polar surface area (TPSA) is 102 Å². The second-order valence-electron chi connectivity index (χ2n) is 8.85. The van der Waals surface area contributed by atoms with Crippen molar-refractivity contribution in [3.63, 3.8) is 0 Å². The van der Waals surface area contributed by atoms with Crippen molar-refractivity contribution in [2.75, 3.05) is 45.1 Å². The maximum absolute atomic E-state index is 13.1. The second kappa shape index (κ2) is 14.0. The van der Waals surface area contributed by atoms with Crippen LogP contribution in [0.1, 0.15) is 38.5 Å². The highest BCUT2D eigenvalue weighted by atomic mass is 32.2. The normalized spacial score (nSPS) is 20.4. The van der Waals surface area contributed by atoms with Crippen LogP contribution in [-0.2, 0) is 11.2 Å². The van der Waals surface area contributed by atoms with Crippen molar-refractivity contribution >= 4 is 29.1 Å². The molecule has 0 bridgehead atoms. The van der Waals surface area contributed by atoms with Crippen molar-refractivity contribution < 1.29 is 12.4 Å². The lowest BCUT2D eigenvalue weighted by molar-refractivity contribution is -0.129. The molecule has 2 unspecified atom stereocenters. The number of carbonyl (C=O) groups is 2. The number of carbonyl (C=O) groups excluding carboxylic acids is 2. The summed E-state index contributed by atoms with van der Waals surface area (Å²) in [5.74, 6) is -1.14. The summed E-state index contributed by atoms with van der Waals surface area (Å²) in [6.07, 6.45) is 3.68. The standard InChI is InChI=1S/C27H32N4O2S.CH5N.2H2/c1-2-31-26(33)24(34-27(31)23(18-28)25(32)21-8-4-3-5-9-21)19-29-22-12-10-20(11-13-22)14-17-30-15-6-7-16-30;1-2;;/h3-5,8-13,23-24,27,29H,2,6-7,14-17,19H2,1H3;2H2,1H3;2*1H/t23?,24?,27-;;;/m0.../s1. The van der Waals surface area contributed by atoms with Gasteiger partial charge in [0.1, 0.15) is 16.5 Å². The van der Waals surface area contributed by atoms with E-state index in [1.807, 2.05) is 13.0 Å². The highest BCUT2D eigenvalue weighted by Gasteiger charge is 2.45. The maximum Gasteiger partial charge on any atom is 0.238 e. The summed E-state index contributed by atoms with van der Waals surface area (Å²) >= 11 is 1.42.